The van der Waals surface area contributed by atoms with Crippen LogP contribution in [0.2, 0.25) is 5.02 Å². The summed E-state index contributed by atoms with van der Waals surface area (Å²) < 4.78 is 10.9. The van der Waals surface area contributed by atoms with Crippen molar-refractivity contribution in [3.05, 3.63) is 88.3 Å². The summed E-state index contributed by atoms with van der Waals surface area (Å²) in [7, 11) is 1.46. The number of ketones is 1. The fraction of sp³-hybridized carbons (Fsp3) is 0.130. The molecule has 0 spiro atoms. The smallest absolute Gasteiger partial charge is 0.300 e. The number of aliphatic hydroxyl groups is 1. The van der Waals surface area contributed by atoms with Gasteiger partial charge in [0.1, 0.15) is 23.3 Å². The minimum atomic E-state index is -0.956. The van der Waals surface area contributed by atoms with E-state index in [4.69, 9.17) is 20.8 Å². The van der Waals surface area contributed by atoms with Gasteiger partial charge < -0.3 is 14.3 Å². The van der Waals surface area contributed by atoms with Gasteiger partial charge in [0.2, 0.25) is 0 Å². The second-order valence-corrected chi connectivity index (χ2v) is 7.25. The number of ether oxygens (including phenoxy) is 1. The van der Waals surface area contributed by atoms with Crippen LogP contribution in [0.4, 0.5) is 5.69 Å². The van der Waals surface area contributed by atoms with Crippen LogP contribution in [0.25, 0.3) is 5.76 Å². The van der Waals surface area contributed by atoms with Crippen LogP contribution in [0.3, 0.4) is 0 Å². The quantitative estimate of drug-likeness (QED) is 0.367. The molecule has 30 heavy (non-hydrogen) atoms. The Balaban J connectivity index is 1.98. The van der Waals surface area contributed by atoms with Gasteiger partial charge in [-0.05, 0) is 48.9 Å². The van der Waals surface area contributed by atoms with Crippen molar-refractivity contribution in [1.82, 2.24) is 0 Å². The Bertz CT molecular complexity index is 1170. The van der Waals surface area contributed by atoms with E-state index in [-0.39, 0.29) is 11.3 Å². The van der Waals surface area contributed by atoms with Gasteiger partial charge in [0.05, 0.1) is 24.5 Å². The summed E-state index contributed by atoms with van der Waals surface area (Å²) >= 11 is 6.16. The second kappa shape index (κ2) is 7.72. The van der Waals surface area contributed by atoms with Crippen LogP contribution >= 0.6 is 11.6 Å². The summed E-state index contributed by atoms with van der Waals surface area (Å²) in [5.41, 5.74) is 1.43. The van der Waals surface area contributed by atoms with Crippen molar-refractivity contribution in [3.63, 3.8) is 0 Å². The number of aliphatic hydroxyl groups excluding tert-OH is 1. The van der Waals surface area contributed by atoms with Crippen LogP contribution in [0, 0.1) is 6.92 Å². The predicted molar refractivity (Wildman–Crippen MR) is 113 cm³/mol. The molecule has 1 fully saturated rings. The van der Waals surface area contributed by atoms with E-state index in [0.29, 0.717) is 27.8 Å². The predicted octanol–water partition coefficient (Wildman–Crippen LogP) is 4.88. The first kappa shape index (κ1) is 19.8. The SMILES string of the molecule is COc1ccccc1/C(O)=C1/C(=O)C(=O)N(c2cc(Cl)ccc2C)C1c1ccco1. The number of Topliss-reactive ketones (excluding diaryl/α,β-unsaturated/α-hetero) is 1. The fourth-order valence-electron chi connectivity index (χ4n) is 3.62. The number of carbonyl (C=O) groups excluding carboxylic acids is 2. The Labute approximate surface area is 177 Å². The number of furan rings is 1. The molecule has 152 valence electrons. The van der Waals surface area contributed by atoms with E-state index in [1.807, 2.05) is 6.92 Å². The number of halogens is 1. The summed E-state index contributed by atoms with van der Waals surface area (Å²) in [6, 6.07) is 14.2. The van der Waals surface area contributed by atoms with Gasteiger partial charge in [0.25, 0.3) is 11.7 Å². The van der Waals surface area contributed by atoms with Gasteiger partial charge >= 0.3 is 0 Å². The number of rotatable bonds is 4. The minimum Gasteiger partial charge on any atom is -0.507 e. The van der Waals surface area contributed by atoms with E-state index in [0.717, 1.165) is 5.56 Å². The standard InChI is InChI=1S/C23H18ClNO5/c1-13-9-10-14(24)12-16(13)25-20(18-8-5-11-30-18)19(22(27)23(25)28)21(26)15-6-3-4-7-17(15)29-2/h3-12,20,26H,1-2H3/b21-19-. The molecular weight excluding hydrogens is 406 g/mol. The normalized spacial score (nSPS) is 18.1. The molecule has 1 unspecified atom stereocenters. The average molecular weight is 424 g/mol. The van der Waals surface area contributed by atoms with E-state index in [9.17, 15) is 14.7 Å². The van der Waals surface area contributed by atoms with E-state index < -0.39 is 17.7 Å². The topological polar surface area (TPSA) is 80.0 Å². The molecule has 7 heteroatoms. The molecule has 4 rings (SSSR count). The molecule has 1 aliphatic heterocycles. The van der Waals surface area contributed by atoms with Gasteiger partial charge in [-0.15, -0.1) is 0 Å². The van der Waals surface area contributed by atoms with Crippen molar-refractivity contribution >= 4 is 34.7 Å². The molecular formula is C23H18ClNO5. The highest BCUT2D eigenvalue weighted by Gasteiger charge is 2.48. The Morgan fingerprint density at radius 1 is 1.13 bits per heavy atom. The third-order valence-electron chi connectivity index (χ3n) is 5.05. The van der Waals surface area contributed by atoms with E-state index >= 15 is 0 Å². The van der Waals surface area contributed by atoms with Crippen molar-refractivity contribution in [2.24, 2.45) is 0 Å². The Morgan fingerprint density at radius 3 is 2.60 bits per heavy atom. The second-order valence-electron chi connectivity index (χ2n) is 6.82. The number of hydrogen-bond acceptors (Lipinski definition) is 5. The molecule has 0 bridgehead atoms. The molecule has 2 heterocycles. The number of methoxy groups -OCH3 is 1. The van der Waals surface area contributed by atoms with Crippen molar-refractivity contribution in [3.8, 4) is 5.75 Å². The average Bonchev–Trinajstić information content (AvgIpc) is 3.36. The molecule has 0 radical (unpaired) electrons. The van der Waals surface area contributed by atoms with Crippen LogP contribution < -0.4 is 9.64 Å². The molecule has 6 nitrogen and oxygen atoms in total. The number of carbonyl (C=O) groups is 2. The first-order valence-corrected chi connectivity index (χ1v) is 9.55. The van der Waals surface area contributed by atoms with Gasteiger partial charge in [0.15, 0.2) is 0 Å². The minimum absolute atomic E-state index is 0.0844. The molecule has 1 saturated heterocycles. The van der Waals surface area contributed by atoms with Crippen LogP contribution in [-0.4, -0.2) is 23.9 Å². The summed E-state index contributed by atoms with van der Waals surface area (Å²) in [5, 5.41) is 11.5. The molecule has 1 aromatic heterocycles. The van der Waals surface area contributed by atoms with Crippen LogP contribution in [0.5, 0.6) is 5.75 Å². The molecule has 1 N–H and O–H groups in total. The van der Waals surface area contributed by atoms with Crippen molar-refractivity contribution in [2.45, 2.75) is 13.0 Å². The van der Waals surface area contributed by atoms with Gasteiger partial charge in [-0.1, -0.05) is 29.8 Å². The molecule has 1 amide bonds. The van der Waals surface area contributed by atoms with E-state index in [1.165, 1.54) is 18.3 Å². The number of benzene rings is 2. The van der Waals surface area contributed by atoms with Crippen molar-refractivity contribution in [2.75, 3.05) is 12.0 Å². The van der Waals surface area contributed by atoms with Crippen LogP contribution in [0.15, 0.2) is 70.9 Å². The van der Waals surface area contributed by atoms with Gasteiger partial charge in [-0.25, -0.2) is 0 Å². The third-order valence-corrected chi connectivity index (χ3v) is 5.29. The highest BCUT2D eigenvalue weighted by molar-refractivity contribution is 6.52. The first-order valence-electron chi connectivity index (χ1n) is 9.18. The lowest BCUT2D eigenvalue weighted by Gasteiger charge is -2.25. The highest BCUT2D eigenvalue weighted by Crippen LogP contribution is 2.44. The Kier molecular flexibility index (Phi) is 5.10. The summed E-state index contributed by atoms with van der Waals surface area (Å²) in [6.45, 7) is 1.81. The molecule has 0 aliphatic carbocycles. The number of para-hydroxylation sites is 1. The highest BCUT2D eigenvalue weighted by atomic mass is 35.5. The molecule has 1 atom stereocenters. The molecule has 1 aliphatic rings. The number of anilines is 1. The maximum Gasteiger partial charge on any atom is 0.300 e. The lowest BCUT2D eigenvalue weighted by atomic mass is 9.98. The molecule has 2 aromatic carbocycles. The number of hydrogen-bond donors (Lipinski definition) is 1. The third kappa shape index (κ3) is 3.15. The van der Waals surface area contributed by atoms with Gasteiger partial charge in [-0.3, -0.25) is 14.5 Å². The van der Waals surface area contributed by atoms with Crippen LogP contribution in [0.1, 0.15) is 22.9 Å². The van der Waals surface area contributed by atoms with Gasteiger partial charge in [-0.2, -0.15) is 0 Å². The largest absolute Gasteiger partial charge is 0.507 e. The maximum absolute atomic E-state index is 13.1. The fourth-order valence-corrected chi connectivity index (χ4v) is 3.79. The maximum atomic E-state index is 13.1. The number of aryl methyl sites for hydroxylation is 1. The van der Waals surface area contributed by atoms with E-state index in [1.54, 1.807) is 54.6 Å². The number of amides is 1. The summed E-state index contributed by atoms with van der Waals surface area (Å²) in [4.78, 5) is 27.5. The summed E-state index contributed by atoms with van der Waals surface area (Å²) in [5.74, 6) is -1.23. The zero-order chi connectivity index (χ0) is 21.4. The molecule has 0 saturated carbocycles. The van der Waals surface area contributed by atoms with Crippen molar-refractivity contribution < 1.29 is 23.8 Å². The lowest BCUT2D eigenvalue weighted by Crippen LogP contribution is -2.30. The summed E-state index contributed by atoms with van der Waals surface area (Å²) in [6.07, 6.45) is 1.45. The van der Waals surface area contributed by atoms with Crippen LogP contribution in [-0.2, 0) is 9.59 Å². The zero-order valence-corrected chi connectivity index (χ0v) is 17.0. The van der Waals surface area contributed by atoms with E-state index in [2.05, 4.69) is 0 Å². The van der Waals surface area contributed by atoms with Gasteiger partial charge in [0, 0.05) is 10.7 Å². The number of nitrogens with zero attached hydrogens (tertiary/aromatic N) is 1. The molecule has 3 aromatic rings. The van der Waals surface area contributed by atoms with Crippen molar-refractivity contribution in [1.29, 1.82) is 0 Å². The Morgan fingerprint density at radius 2 is 1.90 bits per heavy atom. The Hall–Kier alpha value is -3.51. The lowest BCUT2D eigenvalue weighted by molar-refractivity contribution is -0.132. The monoisotopic (exact) mass is 423 g/mol. The first-order chi connectivity index (χ1) is 14.4. The zero-order valence-electron chi connectivity index (χ0n) is 16.3.